The number of nitrogens with zero attached hydrogens (tertiary/aromatic N) is 1. The molecule has 0 saturated heterocycles. The number of quaternary nitrogens is 1. The molecule has 0 aliphatic heterocycles. The number of carbonyl (C=O) groups is 1. The lowest BCUT2D eigenvalue weighted by Gasteiger charge is -2.22. The van der Waals surface area contributed by atoms with E-state index in [-0.39, 0.29) is 5.48 Å². The zero-order valence-corrected chi connectivity index (χ0v) is 13.0. The SMILES string of the molecule is C=CC(=O)OCCCCC/[P+]([O-])=C(\O)C[N+](C)(C)C. The van der Waals surface area contributed by atoms with Crippen LogP contribution in [0.1, 0.15) is 19.3 Å². The number of likely N-dealkylation sites (N-methyl/N-ethyl adjacent to an activating group) is 1. The number of esters is 1. The van der Waals surface area contributed by atoms with Crippen LogP contribution in [-0.2, 0) is 9.53 Å². The molecule has 0 aliphatic rings. The molecule has 5 nitrogen and oxygen atoms in total. The fraction of sp³-hybridized carbons (Fsp3) is 0.692. The number of rotatable bonds is 9. The third kappa shape index (κ3) is 10.8. The van der Waals surface area contributed by atoms with E-state index in [1.54, 1.807) is 0 Å². The highest BCUT2D eigenvalue weighted by atomic mass is 31.1. The standard InChI is InChI=1S/C13H24NO4P/c1-5-12(15)18-9-7-6-8-10-19(17)13(16)11-14(2,3)4/h5H,1,6-11H2,2-4H3/p+1. The molecule has 0 spiro atoms. The highest BCUT2D eigenvalue weighted by Crippen LogP contribution is 2.17. The third-order valence-corrected chi connectivity index (χ3v) is 3.76. The number of unbranched alkanes of at least 4 members (excludes halogenated alkanes) is 2. The van der Waals surface area contributed by atoms with Gasteiger partial charge in [0.1, 0.15) is 6.16 Å². The number of hydrogen-bond donors (Lipinski definition) is 1. The van der Waals surface area contributed by atoms with Crippen LogP contribution in [0.25, 0.3) is 0 Å². The smallest absolute Gasteiger partial charge is 0.330 e. The lowest BCUT2D eigenvalue weighted by Crippen LogP contribution is -2.39. The largest absolute Gasteiger partial charge is 0.629 e. The minimum atomic E-state index is -1.66. The summed E-state index contributed by atoms with van der Waals surface area (Å²) in [5.74, 6) is -0.417. The maximum absolute atomic E-state index is 11.8. The van der Waals surface area contributed by atoms with E-state index in [0.29, 0.717) is 23.8 Å². The van der Waals surface area contributed by atoms with Gasteiger partial charge < -0.3 is 19.2 Å². The van der Waals surface area contributed by atoms with Crippen molar-refractivity contribution in [3.63, 3.8) is 0 Å². The van der Waals surface area contributed by atoms with Crippen molar-refractivity contribution in [2.45, 2.75) is 19.3 Å². The van der Waals surface area contributed by atoms with Crippen molar-refractivity contribution >= 4 is 19.2 Å². The second-order valence-electron chi connectivity index (χ2n) is 5.40. The monoisotopic (exact) mass is 290 g/mol. The quantitative estimate of drug-likeness (QED) is 0.225. The maximum Gasteiger partial charge on any atom is 0.330 e. The topological polar surface area (TPSA) is 69.6 Å². The average Bonchev–Trinajstić information content (AvgIpc) is 2.30. The summed E-state index contributed by atoms with van der Waals surface area (Å²) in [5.41, 5.74) is 0.0839. The van der Waals surface area contributed by atoms with Crippen molar-refractivity contribution in [1.82, 2.24) is 0 Å². The molecule has 19 heavy (non-hydrogen) atoms. The number of aliphatic hydroxyl groups is 1. The Kier molecular flexibility index (Phi) is 8.85. The Morgan fingerprint density at radius 2 is 2.00 bits per heavy atom. The predicted molar refractivity (Wildman–Crippen MR) is 76.6 cm³/mol. The van der Waals surface area contributed by atoms with Gasteiger partial charge in [0.15, 0.2) is 6.54 Å². The van der Waals surface area contributed by atoms with Crippen LogP contribution in [-0.4, -0.2) is 61.5 Å². The van der Waals surface area contributed by atoms with Crippen LogP contribution >= 0.6 is 7.77 Å². The van der Waals surface area contributed by atoms with Crippen molar-refractivity contribution in [3.8, 4) is 0 Å². The van der Waals surface area contributed by atoms with E-state index in [2.05, 4.69) is 6.58 Å². The number of ether oxygens (including phenoxy) is 1. The van der Waals surface area contributed by atoms with E-state index in [0.717, 1.165) is 25.3 Å². The lowest BCUT2D eigenvalue weighted by molar-refractivity contribution is -0.861. The molecule has 0 aliphatic carbocycles. The van der Waals surface area contributed by atoms with Gasteiger partial charge in [-0.1, -0.05) is 6.58 Å². The summed E-state index contributed by atoms with van der Waals surface area (Å²) in [6, 6.07) is 0. The average molecular weight is 290 g/mol. The molecule has 0 aromatic carbocycles. The first-order valence-electron chi connectivity index (χ1n) is 6.35. The van der Waals surface area contributed by atoms with E-state index < -0.39 is 13.7 Å². The van der Waals surface area contributed by atoms with Crippen molar-refractivity contribution in [3.05, 3.63) is 12.7 Å². The van der Waals surface area contributed by atoms with Crippen LogP contribution in [0.2, 0.25) is 0 Å². The van der Waals surface area contributed by atoms with Gasteiger partial charge in [0, 0.05) is 6.08 Å². The Morgan fingerprint density at radius 1 is 1.37 bits per heavy atom. The van der Waals surface area contributed by atoms with Gasteiger partial charge in [0.05, 0.1) is 35.5 Å². The molecular formula is C13H25NO4P+. The Labute approximate surface area is 116 Å². The van der Waals surface area contributed by atoms with Crippen molar-refractivity contribution in [1.29, 1.82) is 0 Å². The highest BCUT2D eigenvalue weighted by Gasteiger charge is 2.16. The first kappa shape index (κ1) is 18.3. The van der Waals surface area contributed by atoms with Gasteiger partial charge in [-0.3, -0.25) is 0 Å². The molecule has 0 aromatic heterocycles. The summed E-state index contributed by atoms with van der Waals surface area (Å²) in [5, 5.41) is 9.70. The molecule has 1 N–H and O–H groups in total. The van der Waals surface area contributed by atoms with E-state index >= 15 is 0 Å². The zero-order chi connectivity index (χ0) is 14.9. The predicted octanol–water partition coefficient (Wildman–Crippen LogP) is 0.852. The number of carbonyl (C=O) groups excluding carboxylic acids is 1. The molecule has 1 atom stereocenters. The highest BCUT2D eigenvalue weighted by molar-refractivity contribution is 7.51. The summed E-state index contributed by atoms with van der Waals surface area (Å²) in [7, 11) is 4.15. The van der Waals surface area contributed by atoms with E-state index in [1.165, 1.54) is 0 Å². The Bertz CT molecular complexity index is 334. The first-order valence-corrected chi connectivity index (χ1v) is 7.80. The molecule has 0 saturated carbocycles. The lowest BCUT2D eigenvalue weighted by atomic mass is 10.3. The maximum atomic E-state index is 11.8. The summed E-state index contributed by atoms with van der Waals surface area (Å²) in [6.07, 6.45) is 3.93. The molecule has 6 heteroatoms. The zero-order valence-electron chi connectivity index (χ0n) is 12.1. The second-order valence-corrected chi connectivity index (χ2v) is 7.12. The van der Waals surface area contributed by atoms with E-state index in [1.807, 2.05) is 21.1 Å². The second kappa shape index (κ2) is 9.21. The molecule has 110 valence electrons. The summed E-state index contributed by atoms with van der Waals surface area (Å²) in [6.45, 7) is 4.07. The van der Waals surface area contributed by atoms with Gasteiger partial charge in [-0.2, -0.15) is 0 Å². The van der Waals surface area contributed by atoms with Crippen LogP contribution in [0.15, 0.2) is 12.7 Å². The number of hydrogen-bond acceptors (Lipinski definition) is 3. The molecular weight excluding hydrogens is 265 g/mol. The minimum Gasteiger partial charge on any atom is -0.629 e. The third-order valence-electron chi connectivity index (χ3n) is 2.32. The molecule has 0 radical (unpaired) electrons. The van der Waals surface area contributed by atoms with Crippen LogP contribution in [0.3, 0.4) is 0 Å². The normalized spacial score (nSPS) is 12.9. The molecule has 0 heterocycles. The van der Waals surface area contributed by atoms with Crippen LogP contribution in [0.4, 0.5) is 0 Å². The van der Waals surface area contributed by atoms with Crippen LogP contribution in [0.5, 0.6) is 0 Å². The van der Waals surface area contributed by atoms with Gasteiger partial charge in [-0.05, 0) is 19.3 Å². The Balaban J connectivity index is 3.79. The van der Waals surface area contributed by atoms with Crippen LogP contribution < -0.4 is 4.89 Å². The van der Waals surface area contributed by atoms with Gasteiger partial charge >= 0.3 is 5.97 Å². The summed E-state index contributed by atoms with van der Waals surface area (Å²) in [4.78, 5) is 22.5. The summed E-state index contributed by atoms with van der Waals surface area (Å²) >= 11 is 0. The van der Waals surface area contributed by atoms with Crippen molar-refractivity contribution in [2.24, 2.45) is 0 Å². The van der Waals surface area contributed by atoms with Crippen molar-refractivity contribution in [2.75, 3.05) is 40.5 Å². The van der Waals surface area contributed by atoms with E-state index in [4.69, 9.17) is 4.74 Å². The van der Waals surface area contributed by atoms with Gasteiger partial charge in [0.25, 0.3) is 5.48 Å². The molecule has 0 bridgehead atoms. The van der Waals surface area contributed by atoms with Gasteiger partial charge in [0.2, 0.25) is 0 Å². The fourth-order valence-electron chi connectivity index (χ4n) is 1.40. The Hall–Kier alpha value is -0.740. The van der Waals surface area contributed by atoms with Gasteiger partial charge in [-0.25, -0.2) is 4.79 Å². The minimum absolute atomic E-state index is 0.0839. The molecule has 0 rings (SSSR count). The first-order chi connectivity index (χ1) is 8.76. The molecule has 0 fully saturated rings. The van der Waals surface area contributed by atoms with Gasteiger partial charge in [-0.15, -0.1) is 0 Å². The molecule has 0 amide bonds. The molecule has 1 unspecified atom stereocenters. The van der Waals surface area contributed by atoms with Crippen LogP contribution in [0, 0.1) is 0 Å². The number of aliphatic hydroxyl groups excluding tert-OH is 1. The summed E-state index contributed by atoms with van der Waals surface area (Å²) < 4.78 is 5.38. The molecule has 0 aromatic rings. The van der Waals surface area contributed by atoms with E-state index in [9.17, 15) is 14.8 Å². The Morgan fingerprint density at radius 3 is 2.53 bits per heavy atom. The fourth-order valence-corrected chi connectivity index (χ4v) is 2.75. The van der Waals surface area contributed by atoms with Crippen molar-refractivity contribution < 1.29 is 24.0 Å².